The standard InChI is InChI=1S/C17H22ClN3O5S/c1-5-26-9-8-19-15-12(27(4,24)25)7-6-11(14(15)18)16(22)13-10(2)20-21(3)17(13)23/h6-7,19,23H,5,8-9H2,1-4H3. The molecule has 1 aromatic carbocycles. The first kappa shape index (κ1) is 21.2. The second-order valence-electron chi connectivity index (χ2n) is 5.93. The van der Waals surface area contributed by atoms with Gasteiger partial charge in [-0.1, -0.05) is 11.6 Å². The number of carbonyl (C=O) groups excluding carboxylic acids is 1. The lowest BCUT2D eigenvalue weighted by molar-refractivity contribution is 0.103. The summed E-state index contributed by atoms with van der Waals surface area (Å²) in [4.78, 5) is 12.9. The van der Waals surface area contributed by atoms with Gasteiger partial charge >= 0.3 is 0 Å². The first-order valence-corrected chi connectivity index (χ1v) is 10.5. The van der Waals surface area contributed by atoms with Crippen LogP contribution in [0.2, 0.25) is 5.02 Å². The molecule has 0 unspecified atom stereocenters. The lowest BCUT2D eigenvalue weighted by Crippen LogP contribution is -2.14. The summed E-state index contributed by atoms with van der Waals surface area (Å²) in [5.74, 6) is -0.831. The minimum atomic E-state index is -3.58. The molecule has 0 amide bonds. The monoisotopic (exact) mass is 415 g/mol. The highest BCUT2D eigenvalue weighted by Gasteiger charge is 2.26. The Morgan fingerprint density at radius 2 is 2.07 bits per heavy atom. The summed E-state index contributed by atoms with van der Waals surface area (Å²) in [5.41, 5.74) is 0.556. The number of aromatic hydroxyl groups is 1. The van der Waals surface area contributed by atoms with Crippen LogP contribution in [0.15, 0.2) is 17.0 Å². The average molecular weight is 416 g/mol. The molecule has 27 heavy (non-hydrogen) atoms. The van der Waals surface area contributed by atoms with Gasteiger partial charge in [0, 0.05) is 32.0 Å². The van der Waals surface area contributed by atoms with Crippen LogP contribution in [0.1, 0.15) is 28.5 Å². The SMILES string of the molecule is CCOCCNc1c(S(C)(=O)=O)ccc(C(=O)c2c(C)nn(C)c2O)c1Cl. The van der Waals surface area contributed by atoms with Crippen LogP contribution in [-0.4, -0.2) is 55.1 Å². The largest absolute Gasteiger partial charge is 0.493 e. The molecule has 2 N–H and O–H groups in total. The van der Waals surface area contributed by atoms with Crippen molar-refractivity contribution in [3.63, 3.8) is 0 Å². The second kappa shape index (κ2) is 8.28. The Balaban J connectivity index is 2.53. The van der Waals surface area contributed by atoms with E-state index in [1.807, 2.05) is 6.92 Å². The fourth-order valence-corrected chi connectivity index (χ4v) is 3.88. The van der Waals surface area contributed by atoms with Gasteiger partial charge in [-0.2, -0.15) is 5.10 Å². The van der Waals surface area contributed by atoms with Gasteiger partial charge < -0.3 is 15.2 Å². The van der Waals surface area contributed by atoms with Crippen LogP contribution >= 0.6 is 11.6 Å². The summed E-state index contributed by atoms with van der Waals surface area (Å²) in [6.45, 7) is 4.61. The quantitative estimate of drug-likeness (QED) is 0.502. The number of nitrogens with zero attached hydrogens (tertiary/aromatic N) is 2. The number of nitrogens with one attached hydrogen (secondary N) is 1. The lowest BCUT2D eigenvalue weighted by atomic mass is 10.0. The van der Waals surface area contributed by atoms with E-state index in [1.54, 1.807) is 6.92 Å². The molecule has 0 radical (unpaired) electrons. The van der Waals surface area contributed by atoms with Crippen molar-refractivity contribution in [3.05, 3.63) is 34.0 Å². The van der Waals surface area contributed by atoms with E-state index in [-0.39, 0.29) is 32.6 Å². The van der Waals surface area contributed by atoms with Gasteiger partial charge in [0.05, 0.1) is 27.9 Å². The Labute approximate surface area is 163 Å². The van der Waals surface area contributed by atoms with E-state index < -0.39 is 15.6 Å². The van der Waals surface area contributed by atoms with Gasteiger partial charge in [-0.05, 0) is 26.0 Å². The van der Waals surface area contributed by atoms with Crippen LogP contribution in [-0.2, 0) is 21.6 Å². The molecule has 0 aliphatic carbocycles. The Morgan fingerprint density at radius 1 is 1.41 bits per heavy atom. The number of hydrogen-bond donors (Lipinski definition) is 2. The molecule has 1 heterocycles. The Hall–Kier alpha value is -2.10. The van der Waals surface area contributed by atoms with E-state index in [9.17, 15) is 18.3 Å². The van der Waals surface area contributed by atoms with E-state index in [1.165, 1.54) is 23.9 Å². The van der Waals surface area contributed by atoms with Crippen molar-refractivity contribution >= 4 is 32.9 Å². The fraction of sp³-hybridized carbons (Fsp3) is 0.412. The Kier molecular flexibility index (Phi) is 6.50. The number of ether oxygens (including phenoxy) is 1. The highest BCUT2D eigenvalue weighted by atomic mass is 35.5. The molecule has 0 saturated heterocycles. The Morgan fingerprint density at radius 3 is 2.59 bits per heavy atom. The number of aryl methyl sites for hydroxylation is 2. The number of anilines is 1. The van der Waals surface area contributed by atoms with E-state index in [0.717, 1.165) is 6.26 Å². The van der Waals surface area contributed by atoms with E-state index in [4.69, 9.17) is 16.3 Å². The van der Waals surface area contributed by atoms with E-state index >= 15 is 0 Å². The summed E-state index contributed by atoms with van der Waals surface area (Å²) in [6, 6.07) is 2.65. The maximum atomic E-state index is 12.9. The minimum absolute atomic E-state index is 0.0202. The summed E-state index contributed by atoms with van der Waals surface area (Å²) < 4.78 is 30.6. The molecule has 0 saturated carbocycles. The topological polar surface area (TPSA) is 111 Å². The molecular formula is C17H22ClN3O5S. The van der Waals surface area contributed by atoms with Crippen LogP contribution in [0.5, 0.6) is 5.88 Å². The van der Waals surface area contributed by atoms with Gasteiger partial charge in [0.1, 0.15) is 5.56 Å². The summed E-state index contributed by atoms with van der Waals surface area (Å²) in [6.07, 6.45) is 1.06. The Bertz CT molecular complexity index is 969. The molecule has 8 nitrogen and oxygen atoms in total. The zero-order valence-electron chi connectivity index (χ0n) is 15.5. The maximum absolute atomic E-state index is 12.9. The molecule has 1 aromatic heterocycles. The van der Waals surface area contributed by atoms with Crippen molar-refractivity contribution in [2.24, 2.45) is 7.05 Å². The number of halogens is 1. The van der Waals surface area contributed by atoms with Crippen LogP contribution < -0.4 is 5.32 Å². The van der Waals surface area contributed by atoms with Gasteiger partial charge in [0.15, 0.2) is 9.84 Å². The molecule has 0 aliphatic rings. The average Bonchev–Trinajstić information content (AvgIpc) is 2.83. The molecule has 2 aromatic rings. The fourth-order valence-electron chi connectivity index (χ4n) is 2.65. The first-order valence-electron chi connectivity index (χ1n) is 8.21. The number of aromatic nitrogens is 2. The van der Waals surface area contributed by atoms with Crippen molar-refractivity contribution in [3.8, 4) is 5.88 Å². The smallest absolute Gasteiger partial charge is 0.220 e. The number of hydrogen-bond acceptors (Lipinski definition) is 7. The zero-order valence-corrected chi connectivity index (χ0v) is 17.1. The number of sulfone groups is 1. The van der Waals surface area contributed by atoms with Gasteiger partial charge in [0.25, 0.3) is 0 Å². The number of rotatable bonds is 8. The number of carbonyl (C=O) groups is 1. The van der Waals surface area contributed by atoms with Gasteiger partial charge in [-0.15, -0.1) is 0 Å². The van der Waals surface area contributed by atoms with Crippen molar-refractivity contribution in [2.45, 2.75) is 18.7 Å². The molecule has 0 atom stereocenters. The number of benzene rings is 1. The molecule has 10 heteroatoms. The molecule has 0 aliphatic heterocycles. The zero-order chi connectivity index (χ0) is 20.4. The van der Waals surface area contributed by atoms with Gasteiger partial charge in [0.2, 0.25) is 11.7 Å². The third-order valence-corrected chi connectivity index (χ3v) is 5.45. The van der Waals surface area contributed by atoms with E-state index in [0.29, 0.717) is 25.5 Å². The van der Waals surface area contributed by atoms with Crippen molar-refractivity contribution < 1.29 is 23.1 Å². The minimum Gasteiger partial charge on any atom is -0.493 e. The molecule has 0 bridgehead atoms. The normalized spacial score (nSPS) is 11.6. The third-order valence-electron chi connectivity index (χ3n) is 3.92. The van der Waals surface area contributed by atoms with Crippen molar-refractivity contribution in [1.29, 1.82) is 0 Å². The van der Waals surface area contributed by atoms with Crippen molar-refractivity contribution in [2.75, 3.05) is 31.3 Å². The molecule has 0 spiro atoms. The molecule has 148 valence electrons. The third kappa shape index (κ3) is 4.42. The summed E-state index contributed by atoms with van der Waals surface area (Å²) in [7, 11) is -2.07. The van der Waals surface area contributed by atoms with Crippen LogP contribution in [0.3, 0.4) is 0 Å². The summed E-state index contributed by atoms with van der Waals surface area (Å²) >= 11 is 6.39. The summed E-state index contributed by atoms with van der Waals surface area (Å²) in [5, 5.41) is 17.0. The highest BCUT2D eigenvalue weighted by Crippen LogP contribution is 2.35. The van der Waals surface area contributed by atoms with E-state index in [2.05, 4.69) is 10.4 Å². The highest BCUT2D eigenvalue weighted by molar-refractivity contribution is 7.90. The van der Waals surface area contributed by atoms with Gasteiger partial charge in [-0.3, -0.25) is 4.79 Å². The first-order chi connectivity index (χ1) is 12.6. The predicted molar refractivity (Wildman–Crippen MR) is 103 cm³/mol. The van der Waals surface area contributed by atoms with Crippen LogP contribution in [0.25, 0.3) is 0 Å². The van der Waals surface area contributed by atoms with Crippen molar-refractivity contribution in [1.82, 2.24) is 9.78 Å². The van der Waals surface area contributed by atoms with Crippen LogP contribution in [0, 0.1) is 6.92 Å². The molecular weight excluding hydrogens is 394 g/mol. The number of ketones is 1. The lowest BCUT2D eigenvalue weighted by Gasteiger charge is -2.15. The van der Waals surface area contributed by atoms with Gasteiger partial charge in [-0.25, -0.2) is 13.1 Å². The maximum Gasteiger partial charge on any atom is 0.220 e. The molecule has 0 fully saturated rings. The predicted octanol–water partition coefficient (Wildman–Crippen LogP) is 2.17. The van der Waals surface area contributed by atoms with Crippen LogP contribution in [0.4, 0.5) is 5.69 Å². The molecule has 2 rings (SSSR count). The second-order valence-corrected chi connectivity index (χ2v) is 8.29.